The van der Waals surface area contributed by atoms with Crippen molar-refractivity contribution >= 4 is 27.5 Å². The fourth-order valence-corrected chi connectivity index (χ4v) is 4.23. The molecule has 0 bridgehead atoms. The zero-order chi connectivity index (χ0) is 20.0. The Morgan fingerprint density at radius 2 is 1.97 bits per heavy atom. The number of benzene rings is 2. The normalized spacial score (nSPS) is 12.5. The smallest absolute Gasteiger partial charge is 0.348 e. The molecule has 0 saturated heterocycles. The van der Waals surface area contributed by atoms with E-state index in [0.29, 0.717) is 16.4 Å². The maximum absolute atomic E-state index is 13.2. The molecule has 8 heteroatoms. The zero-order valence-corrected chi connectivity index (χ0v) is 16.2. The van der Waals surface area contributed by atoms with Gasteiger partial charge in [0.15, 0.2) is 11.5 Å². The fourth-order valence-electron chi connectivity index (χ4n) is 3.16. The molecule has 0 fully saturated rings. The van der Waals surface area contributed by atoms with Crippen LogP contribution >= 0.6 is 11.3 Å². The average Bonchev–Trinajstić information content (AvgIpc) is 3.43. The van der Waals surface area contributed by atoms with Crippen LogP contribution in [-0.4, -0.2) is 22.5 Å². The van der Waals surface area contributed by atoms with Gasteiger partial charge in [0.2, 0.25) is 6.79 Å². The van der Waals surface area contributed by atoms with Gasteiger partial charge in [0.25, 0.3) is 0 Å². The van der Waals surface area contributed by atoms with Crippen LogP contribution in [0.3, 0.4) is 0 Å². The predicted molar refractivity (Wildman–Crippen MR) is 105 cm³/mol. The second-order valence-corrected chi connectivity index (χ2v) is 7.60. The molecule has 6 nitrogen and oxygen atoms in total. The first-order chi connectivity index (χ1) is 14.1. The summed E-state index contributed by atoms with van der Waals surface area (Å²) in [6.45, 7) is 2.20. The van der Waals surface area contributed by atoms with Crippen molar-refractivity contribution in [2.75, 3.05) is 6.79 Å². The highest BCUT2D eigenvalue weighted by Crippen LogP contribution is 2.33. The molecule has 29 heavy (non-hydrogen) atoms. The van der Waals surface area contributed by atoms with Crippen LogP contribution in [0.5, 0.6) is 11.5 Å². The molecule has 0 saturated carbocycles. The van der Waals surface area contributed by atoms with Crippen molar-refractivity contribution < 1.29 is 23.4 Å². The summed E-state index contributed by atoms with van der Waals surface area (Å²) in [6, 6.07) is 13.3. The van der Waals surface area contributed by atoms with Crippen molar-refractivity contribution in [3.8, 4) is 17.2 Å². The molecule has 3 heterocycles. The molecule has 0 unspecified atom stereocenters. The van der Waals surface area contributed by atoms with Gasteiger partial charge in [0.1, 0.15) is 22.1 Å². The Kier molecular flexibility index (Phi) is 4.21. The summed E-state index contributed by atoms with van der Waals surface area (Å²) in [5.74, 6) is 0.614. The number of fused-ring (bicyclic) bond motifs is 2. The topological polar surface area (TPSA) is 62.6 Å². The summed E-state index contributed by atoms with van der Waals surface area (Å²) in [4.78, 5) is 13.9. The molecule has 2 aromatic carbocycles. The highest BCUT2D eigenvalue weighted by molar-refractivity contribution is 7.20. The summed E-state index contributed by atoms with van der Waals surface area (Å²) in [5.41, 5.74) is 2.33. The first-order valence-corrected chi connectivity index (χ1v) is 9.71. The van der Waals surface area contributed by atoms with Crippen molar-refractivity contribution in [2.24, 2.45) is 0 Å². The van der Waals surface area contributed by atoms with E-state index >= 15 is 0 Å². The number of ether oxygens (including phenoxy) is 3. The third-order valence-corrected chi connectivity index (χ3v) is 5.71. The van der Waals surface area contributed by atoms with E-state index in [4.69, 9.17) is 14.2 Å². The Hall–Kier alpha value is -3.39. The van der Waals surface area contributed by atoms with Crippen LogP contribution in [0.2, 0.25) is 0 Å². The maximum atomic E-state index is 13.2. The van der Waals surface area contributed by atoms with Crippen LogP contribution in [0.15, 0.2) is 48.5 Å². The van der Waals surface area contributed by atoms with Crippen LogP contribution in [0.1, 0.15) is 20.9 Å². The van der Waals surface area contributed by atoms with Crippen LogP contribution in [0.4, 0.5) is 4.39 Å². The van der Waals surface area contributed by atoms with Gasteiger partial charge < -0.3 is 14.2 Å². The van der Waals surface area contributed by atoms with Crippen molar-refractivity contribution in [1.29, 1.82) is 0 Å². The molecule has 0 spiro atoms. The largest absolute Gasteiger partial charge is 0.457 e. The van der Waals surface area contributed by atoms with E-state index in [1.165, 1.54) is 23.5 Å². The first-order valence-electron chi connectivity index (χ1n) is 8.89. The third kappa shape index (κ3) is 3.21. The van der Waals surface area contributed by atoms with Crippen molar-refractivity contribution in [1.82, 2.24) is 9.78 Å². The molecule has 1 aliphatic heterocycles. The summed E-state index contributed by atoms with van der Waals surface area (Å²) in [5, 5.41) is 5.37. The van der Waals surface area contributed by atoms with Gasteiger partial charge in [-0.1, -0.05) is 6.07 Å². The number of halogens is 1. The van der Waals surface area contributed by atoms with E-state index in [9.17, 15) is 9.18 Å². The van der Waals surface area contributed by atoms with Gasteiger partial charge in [0.05, 0.1) is 11.4 Å². The van der Waals surface area contributed by atoms with E-state index in [1.807, 2.05) is 13.0 Å². The molecule has 5 rings (SSSR count). The minimum atomic E-state index is -0.408. The van der Waals surface area contributed by atoms with Gasteiger partial charge in [0, 0.05) is 5.39 Å². The molecular weight excluding hydrogens is 395 g/mol. The molecule has 0 atom stereocenters. The van der Waals surface area contributed by atoms with E-state index in [-0.39, 0.29) is 19.2 Å². The lowest BCUT2D eigenvalue weighted by Crippen LogP contribution is -2.03. The monoisotopic (exact) mass is 410 g/mol. The molecule has 0 radical (unpaired) electrons. The molecule has 0 amide bonds. The molecule has 0 aliphatic carbocycles. The molecule has 4 aromatic rings. The van der Waals surface area contributed by atoms with Crippen molar-refractivity contribution in [2.45, 2.75) is 13.5 Å². The van der Waals surface area contributed by atoms with Gasteiger partial charge >= 0.3 is 5.97 Å². The number of hydrogen-bond donors (Lipinski definition) is 0. The predicted octanol–water partition coefficient (Wildman–Crippen LogP) is 4.62. The molecular formula is C21H15FN2O4S. The van der Waals surface area contributed by atoms with Gasteiger partial charge in [-0.15, -0.1) is 11.3 Å². The minimum Gasteiger partial charge on any atom is -0.457 e. The molecule has 1 aliphatic rings. The minimum absolute atomic E-state index is 0.132. The Labute approximate surface area is 169 Å². The van der Waals surface area contributed by atoms with Gasteiger partial charge in [-0.25, -0.2) is 13.9 Å². The summed E-state index contributed by atoms with van der Waals surface area (Å²) >= 11 is 1.29. The fraction of sp³-hybridized carbons (Fsp3) is 0.143. The molecule has 0 N–H and O–H groups in total. The van der Waals surface area contributed by atoms with E-state index < -0.39 is 5.97 Å². The lowest BCUT2D eigenvalue weighted by atomic mass is 10.2. The summed E-state index contributed by atoms with van der Waals surface area (Å²) in [7, 11) is 0. The lowest BCUT2D eigenvalue weighted by Gasteiger charge is -2.05. The summed E-state index contributed by atoms with van der Waals surface area (Å²) in [6.07, 6.45) is 0. The summed E-state index contributed by atoms with van der Waals surface area (Å²) < 4.78 is 31.0. The number of carbonyl (C=O) groups excluding carboxylic acids is 1. The van der Waals surface area contributed by atoms with Crippen molar-refractivity contribution in [3.63, 3.8) is 0 Å². The highest BCUT2D eigenvalue weighted by atomic mass is 32.1. The van der Waals surface area contributed by atoms with E-state index in [1.54, 1.807) is 35.0 Å². The van der Waals surface area contributed by atoms with Gasteiger partial charge in [-0.05, 0) is 55.0 Å². The second kappa shape index (κ2) is 6.89. The molecule has 146 valence electrons. The van der Waals surface area contributed by atoms with Crippen LogP contribution in [-0.2, 0) is 11.3 Å². The Balaban J connectivity index is 1.38. The number of nitrogens with zero attached hydrogens (tertiary/aromatic N) is 2. The van der Waals surface area contributed by atoms with Crippen LogP contribution in [0.25, 0.3) is 15.9 Å². The number of rotatable bonds is 4. The van der Waals surface area contributed by atoms with Crippen LogP contribution < -0.4 is 9.47 Å². The quantitative estimate of drug-likeness (QED) is 0.460. The standard InChI is InChI=1S/C21H15FN2O4S/c1-12-16-9-19(29-20(16)24(23-12)15-5-3-14(22)4-6-15)21(25)26-10-13-2-7-17-18(8-13)28-11-27-17/h2-9H,10-11H2,1H3. The van der Waals surface area contributed by atoms with Crippen LogP contribution in [0, 0.1) is 12.7 Å². The number of aryl methyl sites for hydroxylation is 1. The van der Waals surface area contributed by atoms with E-state index in [0.717, 1.165) is 27.2 Å². The van der Waals surface area contributed by atoms with E-state index in [2.05, 4.69) is 5.10 Å². The van der Waals surface area contributed by atoms with Gasteiger partial charge in [-0.3, -0.25) is 0 Å². The molecule has 2 aromatic heterocycles. The zero-order valence-electron chi connectivity index (χ0n) is 15.3. The second-order valence-electron chi connectivity index (χ2n) is 6.57. The maximum Gasteiger partial charge on any atom is 0.348 e. The Bertz CT molecular complexity index is 1230. The number of carbonyl (C=O) groups is 1. The first kappa shape index (κ1) is 17.7. The number of hydrogen-bond acceptors (Lipinski definition) is 6. The Morgan fingerprint density at radius 3 is 2.79 bits per heavy atom. The number of thiophene rings is 1. The van der Waals surface area contributed by atoms with Gasteiger partial charge in [-0.2, -0.15) is 5.10 Å². The SMILES string of the molecule is Cc1nn(-c2ccc(F)cc2)c2sc(C(=O)OCc3ccc4c(c3)OCO4)cc12. The third-order valence-electron chi connectivity index (χ3n) is 4.62. The average molecular weight is 410 g/mol. The number of esters is 1. The van der Waals surface area contributed by atoms with Crippen molar-refractivity contribution in [3.05, 3.63) is 70.5 Å². The highest BCUT2D eigenvalue weighted by Gasteiger charge is 2.19. The number of aromatic nitrogens is 2. The lowest BCUT2D eigenvalue weighted by molar-refractivity contribution is 0.0478. The Morgan fingerprint density at radius 1 is 1.17 bits per heavy atom.